The molecule has 1 unspecified atom stereocenters. The second-order valence-corrected chi connectivity index (χ2v) is 5.82. The summed E-state index contributed by atoms with van der Waals surface area (Å²) in [6, 6.07) is 2.60. The first-order valence-corrected chi connectivity index (χ1v) is 7.57. The molecule has 1 heterocycles. The van der Waals surface area contributed by atoms with Crippen molar-refractivity contribution in [1.82, 2.24) is 0 Å². The molecule has 0 saturated carbocycles. The van der Waals surface area contributed by atoms with Gasteiger partial charge in [-0.15, -0.1) is 0 Å². The van der Waals surface area contributed by atoms with Gasteiger partial charge in [-0.3, -0.25) is 9.69 Å². The summed E-state index contributed by atoms with van der Waals surface area (Å²) in [5, 5.41) is 0.169. The molecule has 22 heavy (non-hydrogen) atoms. The second kappa shape index (κ2) is 5.89. The SMILES string of the molecule is COc1cc(N2C(=O)C3=C(CCCC3)C2OC)c(F)cc1Cl. The largest absolute Gasteiger partial charge is 0.495 e. The number of amides is 1. The Labute approximate surface area is 133 Å². The lowest BCUT2D eigenvalue weighted by Gasteiger charge is -2.26. The third kappa shape index (κ3) is 2.29. The van der Waals surface area contributed by atoms with E-state index < -0.39 is 12.0 Å². The summed E-state index contributed by atoms with van der Waals surface area (Å²) in [5.41, 5.74) is 1.85. The maximum Gasteiger partial charge on any atom is 0.256 e. The number of carbonyl (C=O) groups excluding carboxylic acids is 1. The number of hydrogen-bond donors (Lipinski definition) is 0. The number of carbonyl (C=O) groups is 1. The Bertz CT molecular complexity index is 659. The summed E-state index contributed by atoms with van der Waals surface area (Å²) in [4.78, 5) is 14.1. The predicted molar refractivity (Wildman–Crippen MR) is 81.7 cm³/mol. The Morgan fingerprint density at radius 2 is 2.00 bits per heavy atom. The normalized spacial score (nSPS) is 21.4. The zero-order valence-corrected chi connectivity index (χ0v) is 13.2. The molecule has 0 fully saturated rings. The van der Waals surface area contributed by atoms with E-state index in [-0.39, 0.29) is 16.6 Å². The Kier molecular flexibility index (Phi) is 4.10. The number of rotatable bonds is 3. The van der Waals surface area contributed by atoms with E-state index in [1.165, 1.54) is 25.2 Å². The molecule has 1 amide bonds. The summed E-state index contributed by atoms with van der Waals surface area (Å²) in [5.74, 6) is -0.434. The third-order valence-electron chi connectivity index (χ3n) is 4.22. The fourth-order valence-electron chi connectivity index (χ4n) is 3.20. The van der Waals surface area contributed by atoms with Crippen LogP contribution >= 0.6 is 11.6 Å². The molecule has 3 rings (SSSR count). The van der Waals surface area contributed by atoms with Crippen molar-refractivity contribution >= 4 is 23.2 Å². The average molecular weight is 326 g/mol. The Balaban J connectivity index is 2.07. The summed E-state index contributed by atoms with van der Waals surface area (Å²) in [6.07, 6.45) is 2.97. The minimum absolute atomic E-state index is 0.132. The minimum atomic E-state index is -0.568. The number of nitrogens with zero attached hydrogens (tertiary/aromatic N) is 1. The third-order valence-corrected chi connectivity index (χ3v) is 4.52. The van der Waals surface area contributed by atoms with Gasteiger partial charge >= 0.3 is 0 Å². The van der Waals surface area contributed by atoms with Crippen LogP contribution in [0, 0.1) is 5.82 Å². The Morgan fingerprint density at radius 3 is 2.68 bits per heavy atom. The number of halogens is 2. The van der Waals surface area contributed by atoms with Crippen LogP contribution in [0.4, 0.5) is 10.1 Å². The summed E-state index contributed by atoms with van der Waals surface area (Å²) < 4.78 is 25.0. The molecular weight excluding hydrogens is 309 g/mol. The topological polar surface area (TPSA) is 38.8 Å². The Hall–Kier alpha value is -1.59. The van der Waals surface area contributed by atoms with Gasteiger partial charge in [-0.05, 0) is 37.3 Å². The quantitative estimate of drug-likeness (QED) is 0.851. The van der Waals surface area contributed by atoms with E-state index in [1.54, 1.807) is 0 Å². The van der Waals surface area contributed by atoms with Crippen LogP contribution in [-0.2, 0) is 9.53 Å². The Morgan fingerprint density at radius 1 is 1.27 bits per heavy atom. The fourth-order valence-corrected chi connectivity index (χ4v) is 3.42. The van der Waals surface area contributed by atoms with Gasteiger partial charge in [0, 0.05) is 18.7 Å². The highest BCUT2D eigenvalue weighted by molar-refractivity contribution is 6.32. The molecule has 1 aromatic rings. The maximum absolute atomic E-state index is 14.4. The molecule has 1 aliphatic heterocycles. The molecule has 4 nitrogen and oxygen atoms in total. The molecule has 6 heteroatoms. The predicted octanol–water partition coefficient (Wildman–Crippen LogP) is 3.68. The second-order valence-electron chi connectivity index (χ2n) is 5.41. The van der Waals surface area contributed by atoms with E-state index in [1.807, 2.05) is 0 Å². The molecule has 0 bridgehead atoms. The lowest BCUT2D eigenvalue weighted by Crippen LogP contribution is -2.37. The van der Waals surface area contributed by atoms with Gasteiger partial charge in [0.1, 0.15) is 11.6 Å². The maximum atomic E-state index is 14.4. The summed E-state index contributed by atoms with van der Waals surface area (Å²) in [6.45, 7) is 0. The first kappa shape index (κ1) is 15.3. The van der Waals surface area contributed by atoms with Crippen LogP contribution in [0.3, 0.4) is 0 Å². The number of benzene rings is 1. The van der Waals surface area contributed by atoms with E-state index in [0.717, 1.165) is 42.9 Å². The van der Waals surface area contributed by atoms with Crippen molar-refractivity contribution in [3.8, 4) is 5.75 Å². The molecule has 1 atom stereocenters. The highest BCUT2D eigenvalue weighted by atomic mass is 35.5. The van der Waals surface area contributed by atoms with Crippen molar-refractivity contribution in [3.05, 3.63) is 34.1 Å². The van der Waals surface area contributed by atoms with Gasteiger partial charge < -0.3 is 9.47 Å². The zero-order valence-electron chi connectivity index (χ0n) is 12.5. The number of anilines is 1. The molecule has 0 N–H and O–H groups in total. The van der Waals surface area contributed by atoms with Crippen LogP contribution < -0.4 is 9.64 Å². The van der Waals surface area contributed by atoms with Crippen molar-refractivity contribution < 1.29 is 18.7 Å². The van der Waals surface area contributed by atoms with E-state index in [2.05, 4.69) is 0 Å². The van der Waals surface area contributed by atoms with Crippen LogP contribution in [0.1, 0.15) is 25.7 Å². The molecule has 0 saturated heterocycles. The first-order valence-electron chi connectivity index (χ1n) is 7.19. The molecule has 1 aliphatic carbocycles. The van der Waals surface area contributed by atoms with Crippen molar-refractivity contribution in [2.45, 2.75) is 31.9 Å². The monoisotopic (exact) mass is 325 g/mol. The minimum Gasteiger partial charge on any atom is -0.495 e. The zero-order chi connectivity index (χ0) is 15.9. The molecular formula is C16H17ClFNO3. The summed E-state index contributed by atoms with van der Waals surface area (Å²) >= 11 is 5.93. The van der Waals surface area contributed by atoms with Crippen LogP contribution in [0.25, 0.3) is 0 Å². The number of hydrogen-bond acceptors (Lipinski definition) is 3. The van der Waals surface area contributed by atoms with Gasteiger partial charge in [-0.25, -0.2) is 4.39 Å². The lowest BCUT2D eigenvalue weighted by atomic mass is 9.93. The van der Waals surface area contributed by atoms with Gasteiger partial charge in [0.15, 0.2) is 6.23 Å². The van der Waals surface area contributed by atoms with Gasteiger partial charge in [-0.1, -0.05) is 11.6 Å². The van der Waals surface area contributed by atoms with Crippen LogP contribution in [-0.4, -0.2) is 26.4 Å². The van der Waals surface area contributed by atoms with Crippen LogP contribution in [0.15, 0.2) is 23.3 Å². The molecule has 0 radical (unpaired) electrons. The van der Waals surface area contributed by atoms with E-state index in [0.29, 0.717) is 5.75 Å². The van der Waals surface area contributed by atoms with E-state index in [9.17, 15) is 9.18 Å². The van der Waals surface area contributed by atoms with Crippen LogP contribution in [0.2, 0.25) is 5.02 Å². The van der Waals surface area contributed by atoms with Gasteiger partial charge in [0.25, 0.3) is 5.91 Å². The number of ether oxygens (including phenoxy) is 2. The molecule has 0 spiro atoms. The van der Waals surface area contributed by atoms with Gasteiger partial charge in [-0.2, -0.15) is 0 Å². The molecule has 0 aromatic heterocycles. The highest BCUT2D eigenvalue weighted by Crippen LogP contribution is 2.42. The smallest absolute Gasteiger partial charge is 0.256 e. The number of methoxy groups -OCH3 is 2. The lowest BCUT2D eigenvalue weighted by molar-refractivity contribution is -0.116. The van der Waals surface area contributed by atoms with Crippen molar-refractivity contribution in [2.75, 3.05) is 19.1 Å². The van der Waals surface area contributed by atoms with Crippen molar-refractivity contribution in [3.63, 3.8) is 0 Å². The fraction of sp³-hybridized carbons (Fsp3) is 0.438. The first-order chi connectivity index (χ1) is 10.6. The molecule has 2 aliphatic rings. The molecule has 1 aromatic carbocycles. The van der Waals surface area contributed by atoms with Crippen molar-refractivity contribution in [2.24, 2.45) is 0 Å². The summed E-state index contributed by atoms with van der Waals surface area (Å²) in [7, 11) is 2.98. The average Bonchev–Trinajstić information content (AvgIpc) is 2.80. The van der Waals surface area contributed by atoms with E-state index in [4.69, 9.17) is 21.1 Å². The van der Waals surface area contributed by atoms with Crippen LogP contribution in [0.5, 0.6) is 5.75 Å². The van der Waals surface area contributed by atoms with E-state index >= 15 is 0 Å². The van der Waals surface area contributed by atoms with Gasteiger partial charge in [0.2, 0.25) is 0 Å². The highest BCUT2D eigenvalue weighted by Gasteiger charge is 2.42. The standard InChI is InChI=1S/C16H17ClFNO3/c1-21-14-8-13(12(18)7-11(14)17)19-15(20)9-5-3-4-6-10(9)16(19)22-2/h7-8,16H,3-6H2,1-2H3. The van der Waals surface area contributed by atoms with Crippen molar-refractivity contribution in [1.29, 1.82) is 0 Å². The molecule has 118 valence electrons. The van der Waals surface area contributed by atoms with Gasteiger partial charge in [0.05, 0.1) is 17.8 Å².